The number of benzene rings is 1. The standard InChI is InChI=1S/C9H11F3N2O2/c1-2-15-7-4-3-6(14-13)5-8(7)16-9(10,11)12/h3-5,14H,2,13H2,1H3. The van der Waals surface area contributed by atoms with E-state index in [-0.39, 0.29) is 12.4 Å². The molecule has 3 N–H and O–H groups in total. The van der Waals surface area contributed by atoms with Crippen molar-refractivity contribution in [2.24, 2.45) is 5.84 Å². The van der Waals surface area contributed by atoms with Gasteiger partial charge in [-0.15, -0.1) is 13.2 Å². The predicted molar refractivity (Wildman–Crippen MR) is 52.1 cm³/mol. The van der Waals surface area contributed by atoms with E-state index in [1.165, 1.54) is 12.1 Å². The van der Waals surface area contributed by atoms with Crippen LogP contribution in [0.5, 0.6) is 11.5 Å². The maximum Gasteiger partial charge on any atom is 0.573 e. The maximum absolute atomic E-state index is 12.1. The van der Waals surface area contributed by atoms with E-state index in [1.807, 2.05) is 0 Å². The van der Waals surface area contributed by atoms with E-state index in [2.05, 4.69) is 10.2 Å². The Hall–Kier alpha value is -1.63. The number of anilines is 1. The van der Waals surface area contributed by atoms with Gasteiger partial charge in [0.05, 0.1) is 12.3 Å². The van der Waals surface area contributed by atoms with Gasteiger partial charge in [-0.05, 0) is 19.1 Å². The first-order valence-corrected chi connectivity index (χ1v) is 4.45. The van der Waals surface area contributed by atoms with Crippen LogP contribution in [0.25, 0.3) is 0 Å². The van der Waals surface area contributed by atoms with Crippen molar-refractivity contribution in [1.29, 1.82) is 0 Å². The third-order valence-corrected chi connectivity index (χ3v) is 1.64. The summed E-state index contributed by atoms with van der Waals surface area (Å²) in [6, 6.07) is 3.94. The molecule has 0 saturated carbocycles. The molecule has 0 amide bonds. The lowest BCUT2D eigenvalue weighted by Crippen LogP contribution is -2.18. The van der Waals surface area contributed by atoms with E-state index in [0.29, 0.717) is 5.69 Å². The van der Waals surface area contributed by atoms with E-state index >= 15 is 0 Å². The Labute approximate surface area is 90.1 Å². The van der Waals surface area contributed by atoms with Crippen LogP contribution in [0.1, 0.15) is 6.92 Å². The highest BCUT2D eigenvalue weighted by molar-refractivity contribution is 5.54. The number of nitrogen functional groups attached to an aromatic ring is 1. The SMILES string of the molecule is CCOc1ccc(NN)cc1OC(F)(F)F. The second-order valence-corrected chi connectivity index (χ2v) is 2.79. The summed E-state index contributed by atoms with van der Waals surface area (Å²) in [5.41, 5.74) is 2.51. The minimum atomic E-state index is -4.76. The summed E-state index contributed by atoms with van der Waals surface area (Å²) in [6.07, 6.45) is -4.76. The summed E-state index contributed by atoms with van der Waals surface area (Å²) < 4.78 is 45.0. The van der Waals surface area contributed by atoms with E-state index in [1.54, 1.807) is 6.92 Å². The lowest BCUT2D eigenvalue weighted by atomic mass is 10.3. The lowest BCUT2D eigenvalue weighted by Gasteiger charge is -2.14. The Kier molecular flexibility index (Phi) is 3.83. The number of nitrogens with two attached hydrogens (primary N) is 1. The highest BCUT2D eigenvalue weighted by atomic mass is 19.4. The third-order valence-electron chi connectivity index (χ3n) is 1.64. The Morgan fingerprint density at radius 3 is 2.50 bits per heavy atom. The van der Waals surface area contributed by atoms with Crippen molar-refractivity contribution in [3.05, 3.63) is 18.2 Å². The molecule has 0 heterocycles. The molecule has 16 heavy (non-hydrogen) atoms. The zero-order valence-electron chi connectivity index (χ0n) is 8.47. The van der Waals surface area contributed by atoms with E-state index < -0.39 is 12.1 Å². The number of hydrogen-bond acceptors (Lipinski definition) is 4. The van der Waals surface area contributed by atoms with Crippen LogP contribution in [0.2, 0.25) is 0 Å². The van der Waals surface area contributed by atoms with Gasteiger partial charge in [-0.25, -0.2) is 0 Å². The highest BCUT2D eigenvalue weighted by Gasteiger charge is 2.32. The molecule has 0 atom stereocenters. The molecular formula is C9H11F3N2O2. The number of nitrogens with one attached hydrogen (secondary N) is 1. The number of rotatable bonds is 4. The second-order valence-electron chi connectivity index (χ2n) is 2.79. The highest BCUT2D eigenvalue weighted by Crippen LogP contribution is 2.34. The van der Waals surface area contributed by atoms with Crippen molar-refractivity contribution >= 4 is 5.69 Å². The summed E-state index contributed by atoms with van der Waals surface area (Å²) in [6.45, 7) is 1.90. The van der Waals surface area contributed by atoms with Crippen molar-refractivity contribution in [2.45, 2.75) is 13.3 Å². The minimum Gasteiger partial charge on any atom is -0.490 e. The smallest absolute Gasteiger partial charge is 0.490 e. The van der Waals surface area contributed by atoms with Crippen LogP contribution in [0.15, 0.2) is 18.2 Å². The first-order chi connectivity index (χ1) is 7.46. The molecule has 0 aliphatic heterocycles. The van der Waals surface area contributed by atoms with Gasteiger partial charge in [0.1, 0.15) is 0 Å². The molecule has 1 aromatic carbocycles. The van der Waals surface area contributed by atoms with Gasteiger partial charge < -0.3 is 14.9 Å². The van der Waals surface area contributed by atoms with Crippen molar-refractivity contribution in [3.63, 3.8) is 0 Å². The number of ether oxygens (including phenoxy) is 2. The molecule has 0 aliphatic carbocycles. The number of hydrogen-bond donors (Lipinski definition) is 2. The first kappa shape index (κ1) is 12.4. The molecule has 0 bridgehead atoms. The molecule has 0 saturated heterocycles. The maximum atomic E-state index is 12.1. The van der Waals surface area contributed by atoms with E-state index in [0.717, 1.165) is 6.07 Å². The van der Waals surface area contributed by atoms with Crippen LogP contribution >= 0.6 is 0 Å². The van der Waals surface area contributed by atoms with Gasteiger partial charge in [-0.3, -0.25) is 5.84 Å². The molecule has 7 heteroatoms. The van der Waals surface area contributed by atoms with Crippen LogP contribution in [0, 0.1) is 0 Å². The fourth-order valence-electron chi connectivity index (χ4n) is 1.08. The largest absolute Gasteiger partial charge is 0.573 e. The van der Waals surface area contributed by atoms with E-state index in [4.69, 9.17) is 10.6 Å². The van der Waals surface area contributed by atoms with Gasteiger partial charge in [-0.1, -0.05) is 0 Å². The predicted octanol–water partition coefficient (Wildman–Crippen LogP) is 2.27. The molecule has 4 nitrogen and oxygen atoms in total. The average Bonchev–Trinajstić information content (AvgIpc) is 2.18. The molecule has 1 aromatic rings. The van der Waals surface area contributed by atoms with Crippen LogP contribution in [0.4, 0.5) is 18.9 Å². The molecule has 0 radical (unpaired) electrons. The Bertz CT molecular complexity index is 355. The van der Waals surface area contributed by atoms with Crippen molar-refractivity contribution in [3.8, 4) is 11.5 Å². The van der Waals surface area contributed by atoms with Crippen LogP contribution in [-0.2, 0) is 0 Å². The fourth-order valence-corrected chi connectivity index (χ4v) is 1.08. The zero-order chi connectivity index (χ0) is 12.2. The summed E-state index contributed by atoms with van der Waals surface area (Å²) >= 11 is 0. The van der Waals surface area contributed by atoms with Crippen LogP contribution in [0.3, 0.4) is 0 Å². The van der Waals surface area contributed by atoms with Crippen LogP contribution in [-0.4, -0.2) is 13.0 Å². The van der Waals surface area contributed by atoms with Gasteiger partial charge in [0, 0.05) is 6.07 Å². The van der Waals surface area contributed by atoms with Gasteiger partial charge >= 0.3 is 6.36 Å². The summed E-state index contributed by atoms with van der Waals surface area (Å²) in [4.78, 5) is 0. The third kappa shape index (κ3) is 3.50. The minimum absolute atomic E-state index is 0.0128. The van der Waals surface area contributed by atoms with Crippen molar-refractivity contribution in [2.75, 3.05) is 12.0 Å². The number of halogens is 3. The fraction of sp³-hybridized carbons (Fsp3) is 0.333. The number of hydrazine groups is 1. The topological polar surface area (TPSA) is 56.5 Å². The van der Waals surface area contributed by atoms with E-state index in [9.17, 15) is 13.2 Å². The lowest BCUT2D eigenvalue weighted by molar-refractivity contribution is -0.275. The molecule has 0 aliphatic rings. The van der Waals surface area contributed by atoms with Gasteiger partial charge in [0.2, 0.25) is 0 Å². The molecule has 0 aromatic heterocycles. The quantitative estimate of drug-likeness (QED) is 0.622. The average molecular weight is 236 g/mol. The molecular weight excluding hydrogens is 225 g/mol. The Morgan fingerprint density at radius 1 is 1.31 bits per heavy atom. The molecule has 0 spiro atoms. The van der Waals surface area contributed by atoms with Crippen LogP contribution < -0.4 is 20.7 Å². The van der Waals surface area contributed by atoms with Gasteiger partial charge in [0.15, 0.2) is 11.5 Å². The van der Waals surface area contributed by atoms with Gasteiger partial charge in [-0.2, -0.15) is 0 Å². The molecule has 0 fully saturated rings. The summed E-state index contributed by atoms with van der Waals surface area (Å²) in [5.74, 6) is 4.67. The number of alkyl halides is 3. The monoisotopic (exact) mass is 236 g/mol. The normalized spacial score (nSPS) is 11.1. The second kappa shape index (κ2) is 4.93. The summed E-state index contributed by atoms with van der Waals surface area (Å²) in [7, 11) is 0. The van der Waals surface area contributed by atoms with Gasteiger partial charge in [0.25, 0.3) is 0 Å². The molecule has 90 valence electrons. The summed E-state index contributed by atoms with van der Waals surface area (Å²) in [5, 5.41) is 0. The Morgan fingerprint density at radius 2 is 2.00 bits per heavy atom. The molecule has 0 unspecified atom stereocenters. The Balaban J connectivity index is 3.00. The van der Waals surface area contributed by atoms with Crippen molar-refractivity contribution < 1.29 is 22.6 Å². The van der Waals surface area contributed by atoms with Crippen molar-refractivity contribution in [1.82, 2.24) is 0 Å². The zero-order valence-corrected chi connectivity index (χ0v) is 8.47. The molecule has 1 rings (SSSR count). The first-order valence-electron chi connectivity index (χ1n) is 4.45.